The predicted octanol–water partition coefficient (Wildman–Crippen LogP) is 6.72. The molecule has 0 bridgehead atoms. The zero-order chi connectivity index (χ0) is 28.8. The van der Waals surface area contributed by atoms with Gasteiger partial charge in [0.2, 0.25) is 0 Å². The van der Waals surface area contributed by atoms with Crippen LogP contribution in [0.4, 0.5) is 24.5 Å². The molecule has 5 aromatic rings. The molecule has 0 unspecified atom stereocenters. The number of hydrogen-bond donors (Lipinski definition) is 2. The average Bonchev–Trinajstić information content (AvgIpc) is 3.58. The van der Waals surface area contributed by atoms with Gasteiger partial charge in [-0.25, -0.2) is 9.97 Å². The Balaban J connectivity index is 1.35. The van der Waals surface area contributed by atoms with E-state index in [0.29, 0.717) is 65.7 Å². The van der Waals surface area contributed by atoms with Crippen molar-refractivity contribution in [3.05, 3.63) is 99.6 Å². The second kappa shape index (κ2) is 10.3. The number of nitrogens with one attached hydrogen (secondary N) is 1. The highest BCUT2D eigenvalue weighted by molar-refractivity contribution is 7.10. The molecule has 1 saturated heterocycles. The molecule has 3 N–H and O–H groups in total. The molecule has 41 heavy (non-hydrogen) atoms. The van der Waals surface area contributed by atoms with Gasteiger partial charge in [-0.05, 0) is 61.7 Å². The quantitative estimate of drug-likeness (QED) is 0.226. The minimum Gasteiger partial charge on any atom is -0.397 e. The largest absolute Gasteiger partial charge is 0.417 e. The molecule has 1 aliphatic heterocycles. The molecule has 1 aliphatic rings. The van der Waals surface area contributed by atoms with E-state index in [4.69, 9.17) is 15.5 Å². The lowest BCUT2D eigenvalue weighted by molar-refractivity contribution is -0.137. The number of amides is 1. The fraction of sp³-hybridized carbons (Fsp3) is 0.233. The lowest BCUT2D eigenvalue weighted by Crippen LogP contribution is -2.35. The molecule has 7 nitrogen and oxygen atoms in total. The van der Waals surface area contributed by atoms with Crippen molar-refractivity contribution in [3.63, 3.8) is 0 Å². The number of nitrogens with zero attached hydrogens (tertiary/aromatic N) is 3. The Kier molecular flexibility index (Phi) is 6.79. The van der Waals surface area contributed by atoms with Crippen LogP contribution in [0.3, 0.4) is 0 Å². The molecule has 11 heteroatoms. The Labute approximate surface area is 237 Å². The third-order valence-corrected chi connectivity index (χ3v) is 8.58. The zero-order valence-electron chi connectivity index (χ0n) is 22.0. The van der Waals surface area contributed by atoms with Gasteiger partial charge in [0.25, 0.3) is 5.91 Å². The average molecular weight is 578 g/mol. The van der Waals surface area contributed by atoms with E-state index in [1.165, 1.54) is 21.8 Å². The molecule has 4 heterocycles. The van der Waals surface area contributed by atoms with Crippen LogP contribution in [0.25, 0.3) is 17.0 Å². The van der Waals surface area contributed by atoms with Crippen LogP contribution in [0, 0.1) is 6.92 Å². The fourth-order valence-electron chi connectivity index (χ4n) is 5.33. The van der Waals surface area contributed by atoms with Gasteiger partial charge in [0.1, 0.15) is 16.3 Å². The van der Waals surface area contributed by atoms with E-state index in [2.05, 4.69) is 10.3 Å². The topological polar surface area (TPSA) is 94.5 Å². The molecule has 3 aromatic heterocycles. The number of nitrogens with two attached hydrogens (primary N) is 1. The van der Waals surface area contributed by atoms with Gasteiger partial charge in [-0.3, -0.25) is 9.20 Å². The van der Waals surface area contributed by atoms with Gasteiger partial charge < -0.3 is 15.8 Å². The third-order valence-electron chi connectivity index (χ3n) is 7.53. The SMILES string of the molecule is Cc1nc2ccc(C(F)(F)F)cn2c1-c1csc(C2(c3ccc(C(=O)Nc4ccccc4N)cc3)CCOCC2)n1. The third kappa shape index (κ3) is 4.95. The van der Waals surface area contributed by atoms with Crippen molar-refractivity contribution in [3.8, 4) is 11.4 Å². The van der Waals surface area contributed by atoms with Gasteiger partial charge in [0, 0.05) is 30.4 Å². The summed E-state index contributed by atoms with van der Waals surface area (Å²) >= 11 is 1.47. The lowest BCUT2D eigenvalue weighted by Gasteiger charge is -2.36. The van der Waals surface area contributed by atoms with E-state index in [1.807, 2.05) is 17.5 Å². The summed E-state index contributed by atoms with van der Waals surface area (Å²) < 4.78 is 47.5. The number of ether oxygens (including phenoxy) is 1. The Morgan fingerprint density at radius 3 is 2.49 bits per heavy atom. The maximum atomic E-state index is 13.5. The molecule has 1 amide bonds. The minimum atomic E-state index is -4.47. The Morgan fingerprint density at radius 2 is 1.78 bits per heavy atom. The molecule has 0 spiro atoms. The zero-order valence-corrected chi connectivity index (χ0v) is 22.9. The Morgan fingerprint density at radius 1 is 1.05 bits per heavy atom. The first-order chi connectivity index (χ1) is 19.7. The number of rotatable bonds is 5. The summed E-state index contributed by atoms with van der Waals surface area (Å²) in [7, 11) is 0. The van der Waals surface area contributed by atoms with E-state index >= 15 is 0 Å². The molecule has 0 saturated carbocycles. The number of halogens is 3. The summed E-state index contributed by atoms with van der Waals surface area (Å²) in [5.41, 5.74) is 9.37. The van der Waals surface area contributed by atoms with Gasteiger partial charge in [-0.15, -0.1) is 11.3 Å². The first-order valence-electron chi connectivity index (χ1n) is 13.0. The van der Waals surface area contributed by atoms with Crippen molar-refractivity contribution in [2.75, 3.05) is 24.3 Å². The number of nitrogen functional groups attached to an aromatic ring is 1. The molecule has 2 aromatic carbocycles. The highest BCUT2D eigenvalue weighted by Crippen LogP contribution is 2.44. The van der Waals surface area contributed by atoms with Crippen LogP contribution in [0.5, 0.6) is 0 Å². The van der Waals surface area contributed by atoms with Crippen molar-refractivity contribution < 1.29 is 22.7 Å². The van der Waals surface area contributed by atoms with Crippen LogP contribution in [-0.2, 0) is 16.3 Å². The van der Waals surface area contributed by atoms with E-state index in [0.717, 1.165) is 22.8 Å². The number of aromatic nitrogens is 3. The molecule has 0 radical (unpaired) electrons. The summed E-state index contributed by atoms with van der Waals surface area (Å²) in [6, 6.07) is 16.9. The summed E-state index contributed by atoms with van der Waals surface area (Å²) in [5.74, 6) is -0.270. The molecule has 1 fully saturated rings. The number of imidazole rings is 1. The van der Waals surface area contributed by atoms with Crippen molar-refractivity contribution in [2.24, 2.45) is 0 Å². The summed E-state index contributed by atoms with van der Waals surface area (Å²) in [6.45, 7) is 2.84. The van der Waals surface area contributed by atoms with Crippen LogP contribution >= 0.6 is 11.3 Å². The normalized spacial score (nSPS) is 15.2. The maximum Gasteiger partial charge on any atom is 0.417 e. The maximum absolute atomic E-state index is 13.5. The summed E-state index contributed by atoms with van der Waals surface area (Å²) in [6.07, 6.45) is -2.05. The fourth-order valence-corrected chi connectivity index (χ4v) is 6.42. The number of thiazole rings is 1. The van der Waals surface area contributed by atoms with E-state index in [1.54, 1.807) is 43.3 Å². The number of fused-ring (bicyclic) bond motifs is 1. The van der Waals surface area contributed by atoms with E-state index in [-0.39, 0.29) is 5.91 Å². The smallest absolute Gasteiger partial charge is 0.397 e. The van der Waals surface area contributed by atoms with Gasteiger partial charge in [-0.2, -0.15) is 13.2 Å². The number of aryl methyl sites for hydroxylation is 1. The molecule has 6 rings (SSSR count). The van der Waals surface area contributed by atoms with Gasteiger partial charge in [-0.1, -0.05) is 24.3 Å². The first-order valence-corrected chi connectivity index (χ1v) is 13.9. The van der Waals surface area contributed by atoms with Crippen LogP contribution in [-0.4, -0.2) is 33.5 Å². The number of hydrogen-bond acceptors (Lipinski definition) is 6. The lowest BCUT2D eigenvalue weighted by atomic mass is 9.74. The highest BCUT2D eigenvalue weighted by atomic mass is 32.1. The van der Waals surface area contributed by atoms with Crippen LogP contribution < -0.4 is 11.1 Å². The predicted molar refractivity (Wildman–Crippen MR) is 152 cm³/mol. The van der Waals surface area contributed by atoms with Crippen molar-refractivity contribution in [1.29, 1.82) is 0 Å². The van der Waals surface area contributed by atoms with Crippen LogP contribution in [0.2, 0.25) is 0 Å². The van der Waals surface area contributed by atoms with Crippen molar-refractivity contribution in [2.45, 2.75) is 31.4 Å². The number of benzene rings is 2. The van der Waals surface area contributed by atoms with Crippen LogP contribution in [0.15, 0.2) is 72.2 Å². The standard InChI is InChI=1S/C30H26F3N5O2S/c1-18-26(38-16-21(30(31,32)33)10-11-25(38)35-18)24-17-41-28(37-24)29(12-14-40-15-13-29)20-8-6-19(7-9-20)27(39)36-23-5-3-2-4-22(23)34/h2-11,16-17H,12-15,34H2,1H3,(H,36,39). The second-order valence-electron chi connectivity index (χ2n) is 10.0. The minimum absolute atomic E-state index is 0.270. The number of carbonyl (C=O) groups excluding carboxylic acids is 1. The van der Waals surface area contributed by atoms with Gasteiger partial charge >= 0.3 is 6.18 Å². The molecule has 210 valence electrons. The molecular weight excluding hydrogens is 551 g/mol. The van der Waals surface area contributed by atoms with Gasteiger partial charge in [0.05, 0.1) is 33.7 Å². The Hall–Kier alpha value is -4.22. The Bertz CT molecular complexity index is 1740. The number of carbonyl (C=O) groups is 1. The number of anilines is 2. The number of para-hydroxylation sites is 2. The van der Waals surface area contributed by atoms with Crippen molar-refractivity contribution >= 4 is 34.3 Å². The molecule has 0 atom stereocenters. The van der Waals surface area contributed by atoms with Crippen molar-refractivity contribution in [1.82, 2.24) is 14.4 Å². The molecular formula is C30H26F3N5O2S. The van der Waals surface area contributed by atoms with E-state index < -0.39 is 17.2 Å². The number of alkyl halides is 3. The van der Waals surface area contributed by atoms with E-state index in [9.17, 15) is 18.0 Å². The summed E-state index contributed by atoms with van der Waals surface area (Å²) in [4.78, 5) is 22.3. The van der Waals surface area contributed by atoms with Crippen LogP contribution in [0.1, 0.15) is 45.0 Å². The molecule has 0 aliphatic carbocycles. The second-order valence-corrected chi connectivity index (χ2v) is 10.9. The van der Waals surface area contributed by atoms with Gasteiger partial charge in [0.15, 0.2) is 0 Å². The number of pyridine rings is 1. The summed E-state index contributed by atoms with van der Waals surface area (Å²) in [5, 5.41) is 5.56. The first kappa shape index (κ1) is 27.0. The monoisotopic (exact) mass is 577 g/mol. The highest BCUT2D eigenvalue weighted by Gasteiger charge is 2.39.